The molecular weight excluding hydrogens is 227 g/mol. The maximum atomic E-state index is 13.1. The van der Waals surface area contributed by atoms with E-state index in [4.69, 9.17) is 4.74 Å². The Hall–Kier alpha value is -0.890. The van der Waals surface area contributed by atoms with Crippen LogP contribution in [0.3, 0.4) is 0 Å². The van der Waals surface area contributed by atoms with Crippen LogP contribution in [-0.4, -0.2) is 13.2 Å². The Morgan fingerprint density at radius 1 is 1.11 bits per heavy atom. The molecule has 18 heavy (non-hydrogen) atoms. The van der Waals surface area contributed by atoms with Crippen molar-refractivity contribution in [2.75, 3.05) is 13.2 Å². The first-order valence-corrected chi connectivity index (χ1v) is 6.81. The van der Waals surface area contributed by atoms with Gasteiger partial charge in [-0.25, -0.2) is 4.39 Å². The normalized spacial score (nSPS) is 19.8. The summed E-state index contributed by atoms with van der Waals surface area (Å²) in [6.07, 6.45) is 2.22. The van der Waals surface area contributed by atoms with Crippen LogP contribution in [0.25, 0.3) is 0 Å². The summed E-state index contributed by atoms with van der Waals surface area (Å²) in [5, 5.41) is 0. The van der Waals surface area contributed by atoms with Crippen molar-refractivity contribution in [3.05, 3.63) is 35.6 Å². The molecular formula is C16H23FO. The third-order valence-corrected chi connectivity index (χ3v) is 3.90. The van der Waals surface area contributed by atoms with Crippen molar-refractivity contribution >= 4 is 0 Å². The molecule has 1 aromatic carbocycles. The van der Waals surface area contributed by atoms with Crippen LogP contribution in [0, 0.1) is 17.2 Å². The second kappa shape index (κ2) is 5.40. The summed E-state index contributed by atoms with van der Waals surface area (Å²) in [5.74, 6) is 0.963. The quantitative estimate of drug-likeness (QED) is 0.756. The van der Waals surface area contributed by atoms with Gasteiger partial charge in [-0.15, -0.1) is 0 Å². The van der Waals surface area contributed by atoms with Gasteiger partial charge in [-0.3, -0.25) is 0 Å². The zero-order valence-corrected chi connectivity index (χ0v) is 11.6. The number of rotatable bonds is 2. The molecule has 0 aliphatic carbocycles. The van der Waals surface area contributed by atoms with Crippen LogP contribution in [0.15, 0.2) is 24.3 Å². The molecule has 0 unspecified atom stereocenters. The van der Waals surface area contributed by atoms with Crippen molar-refractivity contribution in [1.29, 1.82) is 0 Å². The maximum Gasteiger partial charge on any atom is 0.123 e. The van der Waals surface area contributed by atoms with Gasteiger partial charge in [0, 0.05) is 13.2 Å². The minimum atomic E-state index is -0.154. The molecule has 1 aliphatic heterocycles. The minimum Gasteiger partial charge on any atom is -0.381 e. The van der Waals surface area contributed by atoms with E-state index in [1.54, 1.807) is 12.1 Å². The van der Waals surface area contributed by atoms with Gasteiger partial charge in [0.1, 0.15) is 5.82 Å². The summed E-state index contributed by atoms with van der Waals surface area (Å²) in [6.45, 7) is 8.54. The van der Waals surface area contributed by atoms with Crippen LogP contribution in [0.1, 0.15) is 45.1 Å². The highest BCUT2D eigenvalue weighted by Gasteiger charge is 2.34. The molecule has 1 saturated heterocycles. The summed E-state index contributed by atoms with van der Waals surface area (Å²) in [6, 6.07) is 7.04. The first-order valence-electron chi connectivity index (χ1n) is 6.81. The summed E-state index contributed by atoms with van der Waals surface area (Å²) in [4.78, 5) is 0. The van der Waals surface area contributed by atoms with E-state index in [-0.39, 0.29) is 11.2 Å². The second-order valence-corrected chi connectivity index (χ2v) is 6.35. The highest BCUT2D eigenvalue weighted by molar-refractivity contribution is 5.23. The summed E-state index contributed by atoms with van der Waals surface area (Å²) in [5.41, 5.74) is 1.45. The van der Waals surface area contributed by atoms with Crippen LogP contribution in [-0.2, 0) is 4.74 Å². The van der Waals surface area contributed by atoms with Crippen molar-refractivity contribution in [3.8, 4) is 0 Å². The predicted molar refractivity (Wildman–Crippen MR) is 72.1 cm³/mol. The van der Waals surface area contributed by atoms with E-state index in [1.165, 1.54) is 5.56 Å². The molecule has 0 aromatic heterocycles. The molecule has 0 N–H and O–H groups in total. The first-order chi connectivity index (χ1) is 8.48. The van der Waals surface area contributed by atoms with Gasteiger partial charge in [-0.2, -0.15) is 0 Å². The fraction of sp³-hybridized carbons (Fsp3) is 0.625. The average Bonchev–Trinajstić information content (AvgIpc) is 2.32. The van der Waals surface area contributed by atoms with Gasteiger partial charge in [-0.05, 0) is 47.8 Å². The minimum absolute atomic E-state index is 0.154. The van der Waals surface area contributed by atoms with Crippen LogP contribution in [0.2, 0.25) is 0 Å². The fourth-order valence-corrected chi connectivity index (χ4v) is 3.20. The Balaban J connectivity index is 2.27. The van der Waals surface area contributed by atoms with Gasteiger partial charge in [0.15, 0.2) is 0 Å². The van der Waals surface area contributed by atoms with Gasteiger partial charge in [0.2, 0.25) is 0 Å². The molecule has 0 amide bonds. The molecule has 100 valence electrons. The second-order valence-electron chi connectivity index (χ2n) is 6.35. The van der Waals surface area contributed by atoms with Crippen molar-refractivity contribution in [2.24, 2.45) is 11.3 Å². The zero-order valence-electron chi connectivity index (χ0n) is 11.6. The molecule has 1 aliphatic rings. The van der Waals surface area contributed by atoms with E-state index in [0.717, 1.165) is 26.1 Å². The van der Waals surface area contributed by atoms with Crippen molar-refractivity contribution in [3.63, 3.8) is 0 Å². The average molecular weight is 250 g/mol. The van der Waals surface area contributed by atoms with Gasteiger partial charge in [0.05, 0.1) is 0 Å². The smallest absolute Gasteiger partial charge is 0.123 e. The van der Waals surface area contributed by atoms with Crippen LogP contribution in [0.5, 0.6) is 0 Å². The number of benzene rings is 1. The standard InChI is InChI=1S/C16H23FO/c1-16(2,3)15(13-8-10-18-11-9-13)12-4-6-14(17)7-5-12/h4-7,13,15H,8-11H2,1-3H3/t15-/m1/s1. The lowest BCUT2D eigenvalue weighted by Crippen LogP contribution is -2.30. The van der Waals surface area contributed by atoms with E-state index >= 15 is 0 Å². The maximum absolute atomic E-state index is 13.1. The molecule has 2 rings (SSSR count). The molecule has 1 fully saturated rings. The lowest BCUT2D eigenvalue weighted by atomic mass is 9.67. The highest BCUT2D eigenvalue weighted by Crippen LogP contribution is 2.44. The highest BCUT2D eigenvalue weighted by atomic mass is 19.1. The lowest BCUT2D eigenvalue weighted by Gasteiger charge is -2.39. The summed E-state index contributed by atoms with van der Waals surface area (Å²) in [7, 11) is 0. The number of halogens is 1. The topological polar surface area (TPSA) is 9.23 Å². The third kappa shape index (κ3) is 3.11. The van der Waals surface area contributed by atoms with Crippen LogP contribution < -0.4 is 0 Å². The summed E-state index contributed by atoms with van der Waals surface area (Å²) >= 11 is 0. The molecule has 0 spiro atoms. The third-order valence-electron chi connectivity index (χ3n) is 3.90. The van der Waals surface area contributed by atoms with E-state index in [1.807, 2.05) is 12.1 Å². The molecule has 0 radical (unpaired) electrons. The van der Waals surface area contributed by atoms with E-state index in [2.05, 4.69) is 20.8 Å². The molecule has 0 bridgehead atoms. The van der Waals surface area contributed by atoms with Gasteiger partial charge >= 0.3 is 0 Å². The molecule has 1 atom stereocenters. The van der Waals surface area contributed by atoms with E-state index in [9.17, 15) is 4.39 Å². The Bertz CT molecular complexity index is 371. The zero-order chi connectivity index (χ0) is 13.2. The monoisotopic (exact) mass is 250 g/mol. The molecule has 1 nitrogen and oxygen atoms in total. The largest absolute Gasteiger partial charge is 0.381 e. The van der Waals surface area contributed by atoms with E-state index in [0.29, 0.717) is 11.8 Å². The predicted octanol–water partition coefficient (Wildman–Crippen LogP) is 4.38. The Labute approximate surface area is 109 Å². The van der Waals surface area contributed by atoms with Gasteiger partial charge in [-0.1, -0.05) is 32.9 Å². The molecule has 2 heteroatoms. The van der Waals surface area contributed by atoms with Gasteiger partial charge < -0.3 is 4.74 Å². The summed E-state index contributed by atoms with van der Waals surface area (Å²) < 4.78 is 18.5. The Kier molecular flexibility index (Phi) is 4.06. The Morgan fingerprint density at radius 3 is 2.17 bits per heavy atom. The van der Waals surface area contributed by atoms with Crippen molar-refractivity contribution < 1.29 is 9.13 Å². The fourth-order valence-electron chi connectivity index (χ4n) is 3.20. The Morgan fingerprint density at radius 2 is 1.67 bits per heavy atom. The number of hydrogen-bond donors (Lipinski definition) is 0. The molecule has 1 aromatic rings. The van der Waals surface area contributed by atoms with Gasteiger partial charge in [0.25, 0.3) is 0 Å². The SMILES string of the molecule is CC(C)(C)[C@H](c1ccc(F)cc1)C1CCOCC1. The first kappa shape index (κ1) is 13.5. The van der Waals surface area contributed by atoms with Crippen molar-refractivity contribution in [2.45, 2.75) is 39.5 Å². The lowest BCUT2D eigenvalue weighted by molar-refractivity contribution is 0.0419. The van der Waals surface area contributed by atoms with Crippen molar-refractivity contribution in [1.82, 2.24) is 0 Å². The number of hydrogen-bond acceptors (Lipinski definition) is 1. The van der Waals surface area contributed by atoms with E-state index < -0.39 is 0 Å². The number of ether oxygens (including phenoxy) is 1. The molecule has 1 heterocycles. The van der Waals surface area contributed by atoms with Crippen LogP contribution >= 0.6 is 0 Å². The molecule has 0 saturated carbocycles. The van der Waals surface area contributed by atoms with Crippen LogP contribution in [0.4, 0.5) is 4.39 Å².